The topological polar surface area (TPSA) is 70.6 Å². The van der Waals surface area contributed by atoms with Gasteiger partial charge in [-0.05, 0) is 34.3 Å². The van der Waals surface area contributed by atoms with Crippen molar-refractivity contribution in [3.05, 3.63) is 46.8 Å². The normalized spacial score (nSPS) is 18.4. The smallest absolute Gasteiger partial charge is 0.164 e. The minimum atomic E-state index is -0.191. The van der Waals surface area contributed by atoms with Crippen LogP contribution in [0.15, 0.2) is 41.3 Å². The third kappa shape index (κ3) is 2.67. The van der Waals surface area contributed by atoms with E-state index in [2.05, 4.69) is 42.0 Å². The van der Waals surface area contributed by atoms with Crippen molar-refractivity contribution in [2.75, 3.05) is 11.4 Å². The van der Waals surface area contributed by atoms with Crippen LogP contribution in [0.1, 0.15) is 24.3 Å². The van der Waals surface area contributed by atoms with Crippen LogP contribution >= 0.6 is 15.9 Å². The predicted octanol–water partition coefficient (Wildman–Crippen LogP) is 3.40. The molecule has 4 rings (SSSR count). The molecule has 0 N–H and O–H groups in total. The summed E-state index contributed by atoms with van der Waals surface area (Å²) in [4.78, 5) is 11.1. The molecule has 2 aromatic heterocycles. The summed E-state index contributed by atoms with van der Waals surface area (Å²) in [6.45, 7) is 0.878. The minimum Gasteiger partial charge on any atom is -0.351 e. The zero-order chi connectivity index (χ0) is 17.4. The van der Waals surface area contributed by atoms with E-state index < -0.39 is 0 Å². The Hall–Kier alpha value is -2.46. The maximum atomic E-state index is 9.84. The van der Waals surface area contributed by atoms with Crippen molar-refractivity contribution in [1.29, 1.82) is 5.26 Å². The highest BCUT2D eigenvalue weighted by atomic mass is 79.9. The number of aryl methyl sites for hydroxylation is 1. The summed E-state index contributed by atoms with van der Waals surface area (Å²) in [6, 6.07) is 12.6. The second-order valence-corrected chi connectivity index (χ2v) is 6.98. The number of benzene rings is 1. The van der Waals surface area contributed by atoms with E-state index >= 15 is 0 Å². The highest BCUT2D eigenvalue weighted by Crippen LogP contribution is 2.38. The first kappa shape index (κ1) is 16.0. The molecule has 1 aliphatic heterocycles. The van der Waals surface area contributed by atoms with E-state index in [0.717, 1.165) is 46.4 Å². The van der Waals surface area contributed by atoms with Gasteiger partial charge in [-0.1, -0.05) is 30.3 Å². The van der Waals surface area contributed by atoms with Crippen molar-refractivity contribution >= 4 is 32.8 Å². The SMILES string of the molecule is Cn1nc(Br)c2c(N3CCCC3C(C#N)c3ccccc3)ncnc21. The second-order valence-electron chi connectivity index (χ2n) is 6.23. The van der Waals surface area contributed by atoms with Gasteiger partial charge >= 0.3 is 0 Å². The highest BCUT2D eigenvalue weighted by Gasteiger charge is 2.35. The quantitative estimate of drug-likeness (QED) is 0.678. The van der Waals surface area contributed by atoms with Gasteiger partial charge in [-0.25, -0.2) is 14.6 Å². The van der Waals surface area contributed by atoms with Crippen LogP contribution in [0.3, 0.4) is 0 Å². The van der Waals surface area contributed by atoms with E-state index in [1.165, 1.54) is 0 Å². The molecule has 2 atom stereocenters. The average molecular weight is 397 g/mol. The molecule has 6 nitrogen and oxygen atoms in total. The first-order valence-electron chi connectivity index (χ1n) is 8.25. The molecule has 0 amide bonds. The molecule has 7 heteroatoms. The Labute approximate surface area is 154 Å². The number of hydrogen-bond donors (Lipinski definition) is 0. The van der Waals surface area contributed by atoms with Gasteiger partial charge in [-0.15, -0.1) is 0 Å². The first-order chi connectivity index (χ1) is 12.2. The number of aromatic nitrogens is 4. The van der Waals surface area contributed by atoms with E-state index in [0.29, 0.717) is 0 Å². The lowest BCUT2D eigenvalue weighted by atomic mass is 9.91. The lowest BCUT2D eigenvalue weighted by Gasteiger charge is -2.29. The fraction of sp³-hybridized carbons (Fsp3) is 0.333. The third-order valence-corrected chi connectivity index (χ3v) is 5.37. The molecule has 25 heavy (non-hydrogen) atoms. The predicted molar refractivity (Wildman–Crippen MR) is 99.2 cm³/mol. The number of hydrogen-bond acceptors (Lipinski definition) is 5. The van der Waals surface area contributed by atoms with Crippen LogP contribution in [0, 0.1) is 11.3 Å². The van der Waals surface area contributed by atoms with Crippen LogP contribution in [-0.4, -0.2) is 32.3 Å². The fourth-order valence-electron chi connectivity index (χ4n) is 3.69. The Morgan fingerprint density at radius 1 is 1.28 bits per heavy atom. The summed E-state index contributed by atoms with van der Waals surface area (Å²) < 4.78 is 2.48. The van der Waals surface area contributed by atoms with Gasteiger partial charge in [0.05, 0.1) is 23.4 Å². The number of rotatable bonds is 3. The van der Waals surface area contributed by atoms with Crippen LogP contribution < -0.4 is 4.90 Å². The molecule has 1 aromatic carbocycles. The minimum absolute atomic E-state index is 0.0950. The molecule has 126 valence electrons. The van der Waals surface area contributed by atoms with E-state index in [1.807, 2.05) is 37.4 Å². The zero-order valence-corrected chi connectivity index (χ0v) is 15.4. The molecule has 1 saturated heterocycles. The van der Waals surface area contributed by atoms with E-state index in [1.54, 1.807) is 11.0 Å². The number of halogens is 1. The summed E-state index contributed by atoms with van der Waals surface area (Å²) in [7, 11) is 1.87. The molecule has 0 radical (unpaired) electrons. The summed E-state index contributed by atoms with van der Waals surface area (Å²) in [5.41, 5.74) is 1.84. The van der Waals surface area contributed by atoms with Gasteiger partial charge in [-0.2, -0.15) is 10.4 Å². The van der Waals surface area contributed by atoms with Crippen molar-refractivity contribution in [1.82, 2.24) is 19.7 Å². The molecular weight excluding hydrogens is 380 g/mol. The van der Waals surface area contributed by atoms with Gasteiger partial charge < -0.3 is 4.90 Å². The molecule has 0 bridgehead atoms. The molecule has 3 aromatic rings. The molecule has 2 unspecified atom stereocenters. The Balaban J connectivity index is 1.79. The first-order valence-corrected chi connectivity index (χ1v) is 9.04. The van der Waals surface area contributed by atoms with Gasteiger partial charge in [0.1, 0.15) is 16.7 Å². The van der Waals surface area contributed by atoms with Crippen LogP contribution in [0.5, 0.6) is 0 Å². The van der Waals surface area contributed by atoms with E-state index in [-0.39, 0.29) is 12.0 Å². The number of nitrogens with zero attached hydrogens (tertiary/aromatic N) is 6. The summed E-state index contributed by atoms with van der Waals surface area (Å²) >= 11 is 3.53. The van der Waals surface area contributed by atoms with Crippen LogP contribution in [0.2, 0.25) is 0 Å². The van der Waals surface area contributed by atoms with Crippen molar-refractivity contribution in [3.8, 4) is 6.07 Å². The van der Waals surface area contributed by atoms with Crippen LogP contribution in [0.4, 0.5) is 5.82 Å². The van der Waals surface area contributed by atoms with Gasteiger partial charge in [0.25, 0.3) is 0 Å². The number of nitriles is 1. The fourth-order valence-corrected chi connectivity index (χ4v) is 4.28. The van der Waals surface area contributed by atoms with E-state index in [9.17, 15) is 5.26 Å². The zero-order valence-electron chi connectivity index (χ0n) is 13.8. The van der Waals surface area contributed by atoms with Gasteiger partial charge in [0.2, 0.25) is 0 Å². The van der Waals surface area contributed by atoms with Crippen LogP contribution in [-0.2, 0) is 7.05 Å². The van der Waals surface area contributed by atoms with Gasteiger partial charge in [0.15, 0.2) is 5.65 Å². The summed E-state index contributed by atoms with van der Waals surface area (Å²) in [6.07, 6.45) is 3.58. The summed E-state index contributed by atoms with van der Waals surface area (Å²) in [5.74, 6) is 0.660. The molecular formula is C18H17BrN6. The standard InChI is InChI=1S/C18H17BrN6/c1-24-17-15(16(19)23-24)18(22-11-21-17)25-9-5-8-14(25)13(10-20)12-6-3-2-4-7-12/h2-4,6-7,11,13-14H,5,8-9H2,1H3. The van der Waals surface area contributed by atoms with Crippen molar-refractivity contribution in [2.24, 2.45) is 7.05 Å². The average Bonchev–Trinajstić information content (AvgIpc) is 3.22. The summed E-state index contributed by atoms with van der Waals surface area (Å²) in [5, 5.41) is 15.2. The van der Waals surface area contributed by atoms with Crippen molar-refractivity contribution in [3.63, 3.8) is 0 Å². The number of anilines is 1. The molecule has 1 aliphatic rings. The maximum Gasteiger partial charge on any atom is 0.164 e. The Morgan fingerprint density at radius 3 is 2.84 bits per heavy atom. The molecule has 3 heterocycles. The molecule has 0 saturated carbocycles. The van der Waals surface area contributed by atoms with Crippen LogP contribution in [0.25, 0.3) is 11.0 Å². The largest absolute Gasteiger partial charge is 0.351 e. The van der Waals surface area contributed by atoms with Gasteiger partial charge in [-0.3, -0.25) is 0 Å². The number of fused-ring (bicyclic) bond motifs is 1. The van der Waals surface area contributed by atoms with E-state index in [4.69, 9.17) is 0 Å². The molecule has 0 spiro atoms. The van der Waals surface area contributed by atoms with Gasteiger partial charge in [0, 0.05) is 13.6 Å². The Morgan fingerprint density at radius 2 is 2.08 bits per heavy atom. The third-order valence-electron chi connectivity index (χ3n) is 4.81. The molecule has 0 aliphatic carbocycles. The Kier molecular flexibility index (Phi) is 4.14. The van der Waals surface area contributed by atoms with Crippen molar-refractivity contribution < 1.29 is 0 Å². The Bertz CT molecular complexity index is 945. The lowest BCUT2D eigenvalue weighted by Crippen LogP contribution is -2.34. The lowest BCUT2D eigenvalue weighted by molar-refractivity contribution is 0.608. The maximum absolute atomic E-state index is 9.84. The monoisotopic (exact) mass is 396 g/mol. The second kappa shape index (κ2) is 6.45. The highest BCUT2D eigenvalue weighted by molar-refractivity contribution is 9.10. The molecule has 1 fully saturated rings. The van der Waals surface area contributed by atoms with Crippen molar-refractivity contribution in [2.45, 2.75) is 24.8 Å².